The zero-order chi connectivity index (χ0) is 24.7. The molecule has 5 nitrogen and oxygen atoms in total. The summed E-state index contributed by atoms with van der Waals surface area (Å²) >= 11 is 1.40. The van der Waals surface area contributed by atoms with Crippen molar-refractivity contribution in [2.24, 2.45) is 0 Å². The van der Waals surface area contributed by atoms with E-state index in [-0.39, 0.29) is 11.7 Å². The Morgan fingerprint density at radius 3 is 2.00 bits per heavy atom. The number of rotatable bonds is 17. The molecule has 0 aromatic carbocycles. The van der Waals surface area contributed by atoms with Crippen LogP contribution in [0, 0.1) is 0 Å². The van der Waals surface area contributed by atoms with Crippen molar-refractivity contribution in [2.45, 2.75) is 96.3 Å². The fourth-order valence-corrected chi connectivity index (χ4v) is 5.51. The highest BCUT2D eigenvalue weighted by Crippen LogP contribution is 2.38. The molecular weight excluding hydrogens is 452 g/mol. The third-order valence-corrected chi connectivity index (χ3v) is 7.47. The predicted molar refractivity (Wildman–Crippen MR) is 147 cm³/mol. The summed E-state index contributed by atoms with van der Waals surface area (Å²) in [5, 5.41) is 0.467. The van der Waals surface area contributed by atoms with Crippen LogP contribution in [0.4, 0.5) is 5.13 Å². The summed E-state index contributed by atoms with van der Waals surface area (Å²) in [5.74, 6) is -0.269. The third-order valence-electron chi connectivity index (χ3n) is 6.47. The smallest absolute Gasteiger partial charge is 0.189 e. The fourth-order valence-electron chi connectivity index (χ4n) is 4.53. The lowest BCUT2D eigenvalue weighted by Gasteiger charge is -2.15. The third kappa shape index (κ3) is 8.84. The summed E-state index contributed by atoms with van der Waals surface area (Å²) in [4.78, 5) is 27.8. The molecule has 3 aromatic heterocycles. The van der Waals surface area contributed by atoms with Crippen LogP contribution in [0.15, 0.2) is 48.8 Å². The van der Waals surface area contributed by atoms with Gasteiger partial charge < -0.3 is 5.73 Å². The van der Waals surface area contributed by atoms with Crippen molar-refractivity contribution in [2.75, 3.05) is 5.73 Å². The van der Waals surface area contributed by atoms with Gasteiger partial charge in [0, 0.05) is 17.3 Å². The molecule has 0 saturated carbocycles. The van der Waals surface area contributed by atoms with E-state index in [4.69, 9.17) is 5.73 Å². The number of nitrogens with zero attached hydrogens (tertiary/aromatic N) is 3. The SMILES string of the molecule is CCCCCCCCCCCCCCC(C(=O)c1ccccn1)c1sc(N)nc1-c1ccccn1. The Kier molecular flexibility index (Phi) is 11.9. The number of unbranched alkanes of at least 4 members (excludes halogenated alkanes) is 11. The van der Waals surface area contributed by atoms with E-state index in [1.54, 1.807) is 18.5 Å². The first kappa shape index (κ1) is 27.0. The first-order valence-corrected chi connectivity index (χ1v) is 14.1. The Labute approximate surface area is 214 Å². The Morgan fingerprint density at radius 1 is 0.829 bits per heavy atom. The minimum absolute atomic E-state index is 0.0366. The van der Waals surface area contributed by atoms with Gasteiger partial charge in [-0.15, -0.1) is 11.3 Å². The van der Waals surface area contributed by atoms with Gasteiger partial charge in [0.25, 0.3) is 0 Å². The van der Waals surface area contributed by atoms with Crippen molar-refractivity contribution < 1.29 is 4.79 Å². The van der Waals surface area contributed by atoms with Gasteiger partial charge in [-0.1, -0.05) is 96.1 Å². The van der Waals surface area contributed by atoms with Crippen molar-refractivity contribution in [3.63, 3.8) is 0 Å². The van der Waals surface area contributed by atoms with Crippen LogP contribution in [-0.4, -0.2) is 20.7 Å². The number of hydrogen-bond acceptors (Lipinski definition) is 6. The second-order valence-corrected chi connectivity index (χ2v) is 10.4. The molecule has 6 heteroatoms. The number of aromatic nitrogens is 3. The molecule has 1 unspecified atom stereocenters. The number of carbonyl (C=O) groups is 1. The average molecular weight is 493 g/mol. The van der Waals surface area contributed by atoms with Crippen molar-refractivity contribution >= 4 is 22.3 Å². The Bertz CT molecular complexity index is 990. The second-order valence-electron chi connectivity index (χ2n) is 9.29. The van der Waals surface area contributed by atoms with Gasteiger partial charge in [-0.2, -0.15) is 0 Å². The molecule has 3 heterocycles. The number of anilines is 1. The molecule has 0 aliphatic heterocycles. The van der Waals surface area contributed by atoms with Crippen LogP contribution in [-0.2, 0) is 0 Å². The zero-order valence-electron chi connectivity index (χ0n) is 21.1. The van der Waals surface area contributed by atoms with Crippen molar-refractivity contribution in [1.82, 2.24) is 15.0 Å². The molecule has 0 saturated heterocycles. The molecule has 0 amide bonds. The van der Waals surface area contributed by atoms with Crippen LogP contribution in [0.2, 0.25) is 0 Å². The van der Waals surface area contributed by atoms with E-state index in [1.165, 1.54) is 75.5 Å². The van der Waals surface area contributed by atoms with Crippen LogP contribution in [0.25, 0.3) is 11.4 Å². The lowest BCUT2D eigenvalue weighted by molar-refractivity contribution is 0.0950. The number of pyridine rings is 2. The van der Waals surface area contributed by atoms with E-state index < -0.39 is 0 Å². The summed E-state index contributed by atoms with van der Waals surface area (Å²) in [7, 11) is 0. The predicted octanol–water partition coefficient (Wildman–Crippen LogP) is 8.24. The maximum atomic E-state index is 13.5. The van der Waals surface area contributed by atoms with Crippen LogP contribution >= 0.6 is 11.3 Å². The molecule has 35 heavy (non-hydrogen) atoms. The average Bonchev–Trinajstić information content (AvgIpc) is 3.28. The van der Waals surface area contributed by atoms with E-state index in [9.17, 15) is 4.79 Å². The standard InChI is InChI=1S/C29H40N4OS/c1-2-3-4-5-6-7-8-9-10-11-12-13-18-23(27(34)25-20-15-17-22-32-25)28-26(33-29(30)35-28)24-19-14-16-21-31-24/h14-17,19-23H,2-13,18H2,1H3,(H2,30,33). The van der Waals surface area contributed by atoms with Gasteiger partial charge in [-0.3, -0.25) is 14.8 Å². The molecule has 3 aromatic rings. The first-order valence-electron chi connectivity index (χ1n) is 13.3. The number of nitrogens with two attached hydrogens (primary N) is 1. The lowest BCUT2D eigenvalue weighted by Crippen LogP contribution is -2.14. The van der Waals surface area contributed by atoms with Crippen LogP contribution < -0.4 is 5.73 Å². The van der Waals surface area contributed by atoms with Crippen molar-refractivity contribution in [3.8, 4) is 11.4 Å². The molecule has 0 spiro atoms. The molecular formula is C29H40N4OS. The van der Waals surface area contributed by atoms with Gasteiger partial charge in [0.05, 0.1) is 11.6 Å². The molecule has 0 aliphatic carbocycles. The Morgan fingerprint density at radius 2 is 1.43 bits per heavy atom. The number of thiazole rings is 1. The van der Waals surface area contributed by atoms with Crippen LogP contribution in [0.3, 0.4) is 0 Å². The van der Waals surface area contributed by atoms with Crippen LogP contribution in [0.5, 0.6) is 0 Å². The number of carbonyl (C=O) groups excluding carboxylic acids is 1. The van der Waals surface area contributed by atoms with Gasteiger partial charge in [0.2, 0.25) is 0 Å². The highest BCUT2D eigenvalue weighted by molar-refractivity contribution is 7.16. The van der Waals surface area contributed by atoms with Crippen molar-refractivity contribution in [1.29, 1.82) is 0 Å². The van der Waals surface area contributed by atoms with E-state index in [0.717, 1.165) is 35.5 Å². The van der Waals surface area contributed by atoms with Gasteiger partial charge in [-0.05, 0) is 30.7 Å². The molecule has 3 rings (SSSR count). The quantitative estimate of drug-likeness (QED) is 0.151. The zero-order valence-corrected chi connectivity index (χ0v) is 21.9. The van der Waals surface area contributed by atoms with Crippen molar-refractivity contribution in [3.05, 3.63) is 59.4 Å². The molecule has 188 valence electrons. The molecule has 2 N–H and O–H groups in total. The summed E-state index contributed by atoms with van der Waals surface area (Å²) in [6.45, 7) is 2.27. The number of ketones is 1. The second kappa shape index (κ2) is 15.4. The topological polar surface area (TPSA) is 81.8 Å². The van der Waals surface area contributed by atoms with E-state index >= 15 is 0 Å². The minimum Gasteiger partial charge on any atom is -0.375 e. The highest BCUT2D eigenvalue weighted by Gasteiger charge is 2.29. The summed E-state index contributed by atoms with van der Waals surface area (Å²) in [6.07, 6.45) is 19.7. The first-order chi connectivity index (χ1) is 17.2. The Balaban J connectivity index is 1.55. The van der Waals surface area contributed by atoms with E-state index in [1.807, 2.05) is 30.3 Å². The minimum atomic E-state index is -0.306. The van der Waals surface area contributed by atoms with Crippen LogP contribution in [0.1, 0.15) is 112 Å². The number of nitrogen functional groups attached to an aromatic ring is 1. The van der Waals surface area contributed by atoms with E-state index in [0.29, 0.717) is 10.8 Å². The van der Waals surface area contributed by atoms with Gasteiger partial charge in [-0.25, -0.2) is 4.98 Å². The monoisotopic (exact) mass is 492 g/mol. The molecule has 0 aliphatic rings. The summed E-state index contributed by atoms with van der Waals surface area (Å²) < 4.78 is 0. The molecule has 0 fully saturated rings. The maximum absolute atomic E-state index is 13.5. The highest BCUT2D eigenvalue weighted by atomic mass is 32.1. The lowest BCUT2D eigenvalue weighted by atomic mass is 9.91. The molecule has 0 radical (unpaired) electrons. The molecule has 1 atom stereocenters. The maximum Gasteiger partial charge on any atom is 0.189 e. The van der Waals surface area contributed by atoms with Gasteiger partial charge >= 0.3 is 0 Å². The summed E-state index contributed by atoms with van der Waals surface area (Å²) in [6, 6.07) is 11.2. The largest absolute Gasteiger partial charge is 0.375 e. The summed E-state index contributed by atoms with van der Waals surface area (Å²) in [5.41, 5.74) is 8.09. The number of Topliss-reactive ketones (excluding diaryl/α,β-unsaturated/α-hetero) is 1. The van der Waals surface area contributed by atoms with Gasteiger partial charge in [0.15, 0.2) is 10.9 Å². The Hall–Kier alpha value is -2.60. The molecule has 0 bridgehead atoms. The number of hydrogen-bond donors (Lipinski definition) is 1. The fraction of sp³-hybridized carbons (Fsp3) is 0.517. The normalized spacial score (nSPS) is 12.0. The van der Waals surface area contributed by atoms with E-state index in [2.05, 4.69) is 21.9 Å². The van der Waals surface area contributed by atoms with Gasteiger partial charge in [0.1, 0.15) is 11.4 Å².